The minimum Gasteiger partial charge on any atom is -0.493 e. The van der Waals surface area contributed by atoms with Gasteiger partial charge in [-0.05, 0) is 18.2 Å². The molecule has 20 heavy (non-hydrogen) atoms. The van der Waals surface area contributed by atoms with Crippen LogP contribution in [0.15, 0.2) is 18.2 Å². The minimum atomic E-state index is -0.208. The van der Waals surface area contributed by atoms with Gasteiger partial charge in [0, 0.05) is 18.5 Å². The van der Waals surface area contributed by atoms with Gasteiger partial charge in [-0.25, -0.2) is 0 Å². The van der Waals surface area contributed by atoms with Crippen LogP contribution in [0.1, 0.15) is 16.8 Å². The second kappa shape index (κ2) is 7.12. The van der Waals surface area contributed by atoms with Crippen molar-refractivity contribution in [3.05, 3.63) is 23.8 Å². The Morgan fingerprint density at radius 2 is 1.95 bits per heavy atom. The summed E-state index contributed by atoms with van der Waals surface area (Å²) in [6.45, 7) is 1.74. The highest BCUT2D eigenvalue weighted by Crippen LogP contribution is 2.27. The third kappa shape index (κ3) is 3.61. The number of hydrogen-bond acceptors (Lipinski definition) is 5. The molecule has 0 bridgehead atoms. The molecule has 1 aromatic carbocycles. The van der Waals surface area contributed by atoms with Gasteiger partial charge in [0.25, 0.3) is 5.91 Å². The van der Waals surface area contributed by atoms with Crippen molar-refractivity contribution in [2.24, 2.45) is 0 Å². The first-order valence-corrected chi connectivity index (χ1v) is 6.48. The van der Waals surface area contributed by atoms with Gasteiger partial charge in [0.2, 0.25) is 0 Å². The molecule has 110 valence electrons. The van der Waals surface area contributed by atoms with Gasteiger partial charge >= 0.3 is 0 Å². The molecule has 1 saturated heterocycles. The molecule has 0 saturated carbocycles. The molecule has 1 heterocycles. The number of carbonyl (C=O) groups excluding carboxylic acids is 1. The number of nitrogens with one attached hydrogen (secondary N) is 1. The van der Waals surface area contributed by atoms with E-state index in [2.05, 4.69) is 5.32 Å². The molecule has 1 N–H and O–H groups in total. The summed E-state index contributed by atoms with van der Waals surface area (Å²) >= 11 is 0. The SMILES string of the molecule is COc1ccc(C(=O)NCCC2OCCO2)cc1OC. The third-order valence-electron chi connectivity index (χ3n) is 3.00. The van der Waals surface area contributed by atoms with Crippen LogP contribution in [0.5, 0.6) is 11.5 Å². The van der Waals surface area contributed by atoms with Gasteiger partial charge in [-0.1, -0.05) is 0 Å². The lowest BCUT2D eigenvalue weighted by Gasteiger charge is -2.11. The van der Waals surface area contributed by atoms with Crippen molar-refractivity contribution >= 4 is 5.91 Å². The number of ether oxygens (including phenoxy) is 4. The van der Waals surface area contributed by atoms with E-state index in [1.165, 1.54) is 7.11 Å². The van der Waals surface area contributed by atoms with Crippen molar-refractivity contribution in [2.45, 2.75) is 12.7 Å². The van der Waals surface area contributed by atoms with E-state index in [0.29, 0.717) is 43.2 Å². The van der Waals surface area contributed by atoms with Crippen LogP contribution in [0, 0.1) is 0 Å². The zero-order chi connectivity index (χ0) is 14.4. The second-order valence-electron chi connectivity index (χ2n) is 4.29. The third-order valence-corrected chi connectivity index (χ3v) is 3.00. The Bertz CT molecular complexity index is 457. The number of amides is 1. The first-order valence-electron chi connectivity index (χ1n) is 6.48. The predicted molar refractivity (Wildman–Crippen MR) is 72.2 cm³/mol. The summed E-state index contributed by atoms with van der Waals surface area (Å²) in [4.78, 5) is 12.0. The smallest absolute Gasteiger partial charge is 0.251 e. The van der Waals surface area contributed by atoms with Gasteiger partial charge in [0.05, 0.1) is 27.4 Å². The van der Waals surface area contributed by atoms with E-state index >= 15 is 0 Å². The molecule has 1 amide bonds. The number of methoxy groups -OCH3 is 2. The lowest BCUT2D eigenvalue weighted by molar-refractivity contribution is -0.0455. The predicted octanol–water partition coefficient (Wildman–Crippen LogP) is 1.20. The Hall–Kier alpha value is -1.79. The fourth-order valence-corrected chi connectivity index (χ4v) is 1.96. The molecule has 6 heteroatoms. The summed E-state index contributed by atoms with van der Waals surface area (Å²) in [5.41, 5.74) is 0.524. The minimum absolute atomic E-state index is 0.163. The van der Waals surface area contributed by atoms with Crippen LogP contribution >= 0.6 is 0 Å². The van der Waals surface area contributed by atoms with Crippen LogP contribution in [0.2, 0.25) is 0 Å². The molecule has 0 aromatic heterocycles. The molecule has 6 nitrogen and oxygen atoms in total. The van der Waals surface area contributed by atoms with Crippen LogP contribution in [-0.2, 0) is 9.47 Å². The van der Waals surface area contributed by atoms with E-state index in [-0.39, 0.29) is 12.2 Å². The van der Waals surface area contributed by atoms with Crippen LogP contribution in [-0.4, -0.2) is 46.2 Å². The molecule has 0 radical (unpaired) electrons. The highest BCUT2D eigenvalue weighted by Gasteiger charge is 2.16. The van der Waals surface area contributed by atoms with Gasteiger partial charge in [0.15, 0.2) is 17.8 Å². The summed E-state index contributed by atoms with van der Waals surface area (Å²) in [5, 5.41) is 2.82. The second-order valence-corrected chi connectivity index (χ2v) is 4.29. The standard InChI is InChI=1S/C14H19NO5/c1-17-11-4-3-10(9-12(11)18-2)14(16)15-6-5-13-19-7-8-20-13/h3-4,9,13H,5-8H2,1-2H3,(H,15,16). The Balaban J connectivity index is 1.88. The number of carbonyl (C=O) groups is 1. The number of benzene rings is 1. The maximum absolute atomic E-state index is 12.0. The molecule has 2 rings (SSSR count). The Labute approximate surface area is 118 Å². The summed E-state index contributed by atoms with van der Waals surface area (Å²) in [6.07, 6.45) is 0.430. The van der Waals surface area contributed by atoms with Gasteiger partial charge in [0.1, 0.15) is 0 Å². The topological polar surface area (TPSA) is 66.0 Å². The summed E-state index contributed by atoms with van der Waals surface area (Å²) in [7, 11) is 3.09. The van der Waals surface area contributed by atoms with E-state index < -0.39 is 0 Å². The summed E-state index contributed by atoms with van der Waals surface area (Å²) in [6, 6.07) is 5.05. The lowest BCUT2D eigenvalue weighted by atomic mass is 10.2. The van der Waals surface area contributed by atoms with Crippen LogP contribution < -0.4 is 14.8 Å². The highest BCUT2D eigenvalue weighted by atomic mass is 16.7. The molecule has 1 aliphatic heterocycles. The van der Waals surface area contributed by atoms with E-state index in [1.807, 2.05) is 0 Å². The van der Waals surface area contributed by atoms with Crippen LogP contribution in [0.3, 0.4) is 0 Å². The molecule has 0 unspecified atom stereocenters. The summed E-state index contributed by atoms with van der Waals surface area (Å²) in [5.74, 6) is 0.961. The van der Waals surface area contributed by atoms with Crippen molar-refractivity contribution < 1.29 is 23.7 Å². The molecular formula is C14H19NO5. The zero-order valence-corrected chi connectivity index (χ0v) is 11.7. The molecule has 0 atom stereocenters. The monoisotopic (exact) mass is 281 g/mol. The zero-order valence-electron chi connectivity index (χ0n) is 11.7. The van der Waals surface area contributed by atoms with Gasteiger partial charge < -0.3 is 24.3 Å². The van der Waals surface area contributed by atoms with E-state index in [1.54, 1.807) is 25.3 Å². The van der Waals surface area contributed by atoms with Crippen molar-refractivity contribution in [3.63, 3.8) is 0 Å². The highest BCUT2D eigenvalue weighted by molar-refractivity contribution is 5.94. The van der Waals surface area contributed by atoms with E-state index in [4.69, 9.17) is 18.9 Å². The van der Waals surface area contributed by atoms with Crippen molar-refractivity contribution in [2.75, 3.05) is 34.0 Å². The van der Waals surface area contributed by atoms with E-state index in [0.717, 1.165) is 0 Å². The van der Waals surface area contributed by atoms with Crippen molar-refractivity contribution in [1.29, 1.82) is 0 Å². The maximum atomic E-state index is 12.0. The Morgan fingerprint density at radius 1 is 1.25 bits per heavy atom. The van der Waals surface area contributed by atoms with Gasteiger partial charge in [-0.15, -0.1) is 0 Å². The van der Waals surface area contributed by atoms with Crippen molar-refractivity contribution in [1.82, 2.24) is 5.32 Å². The molecule has 1 aliphatic rings. The van der Waals surface area contributed by atoms with Gasteiger partial charge in [-0.3, -0.25) is 4.79 Å². The quantitative estimate of drug-likeness (QED) is 0.848. The lowest BCUT2D eigenvalue weighted by Crippen LogP contribution is -2.27. The number of hydrogen-bond donors (Lipinski definition) is 1. The van der Waals surface area contributed by atoms with Crippen molar-refractivity contribution in [3.8, 4) is 11.5 Å². The largest absolute Gasteiger partial charge is 0.493 e. The van der Waals surface area contributed by atoms with E-state index in [9.17, 15) is 4.79 Å². The normalized spacial score (nSPS) is 15.1. The molecule has 1 aromatic rings. The fourth-order valence-electron chi connectivity index (χ4n) is 1.96. The maximum Gasteiger partial charge on any atom is 0.251 e. The first-order chi connectivity index (χ1) is 9.74. The average molecular weight is 281 g/mol. The Kier molecular flexibility index (Phi) is 5.20. The fraction of sp³-hybridized carbons (Fsp3) is 0.500. The molecule has 1 fully saturated rings. The number of rotatable bonds is 6. The first kappa shape index (κ1) is 14.6. The van der Waals surface area contributed by atoms with Crippen LogP contribution in [0.25, 0.3) is 0 Å². The van der Waals surface area contributed by atoms with Gasteiger partial charge in [-0.2, -0.15) is 0 Å². The Morgan fingerprint density at radius 3 is 2.60 bits per heavy atom. The molecular weight excluding hydrogens is 262 g/mol. The van der Waals surface area contributed by atoms with Crippen LogP contribution in [0.4, 0.5) is 0 Å². The molecule has 0 aliphatic carbocycles. The average Bonchev–Trinajstić information content (AvgIpc) is 2.99. The summed E-state index contributed by atoms with van der Waals surface area (Å²) < 4.78 is 20.9. The molecule has 0 spiro atoms.